The van der Waals surface area contributed by atoms with Gasteiger partial charge in [0.25, 0.3) is 11.8 Å². The zero-order valence-electron chi connectivity index (χ0n) is 7.54. The molecule has 0 aromatic heterocycles. The highest BCUT2D eigenvalue weighted by atomic mass is 16.7. The van der Waals surface area contributed by atoms with Crippen LogP contribution in [0.15, 0.2) is 12.2 Å². The van der Waals surface area contributed by atoms with Crippen LogP contribution in [0.2, 0.25) is 0 Å². The number of hydroxylamine groups is 2. The Morgan fingerprint density at radius 2 is 1.71 bits per heavy atom. The number of hydrogen-bond donors (Lipinski definition) is 0. The standard InChI is InChI=1S/C9H9NO4/c1-13-10-8(11)6-4-2-3-5(14-4)7(6)9(10)12/h2-7H,1H3/t4-,5-,6-,7-/m0/s1. The second-order valence-corrected chi connectivity index (χ2v) is 3.66. The van der Waals surface area contributed by atoms with E-state index in [0.717, 1.165) is 5.06 Å². The zero-order valence-corrected chi connectivity index (χ0v) is 7.54. The van der Waals surface area contributed by atoms with Crippen molar-refractivity contribution in [3.05, 3.63) is 12.2 Å². The molecular formula is C9H9NO4. The molecule has 0 aromatic carbocycles. The van der Waals surface area contributed by atoms with Gasteiger partial charge in [0.2, 0.25) is 0 Å². The summed E-state index contributed by atoms with van der Waals surface area (Å²) in [6, 6.07) is 0. The molecule has 3 rings (SSSR count). The Labute approximate surface area is 80.2 Å². The Hall–Kier alpha value is -1.20. The summed E-state index contributed by atoms with van der Waals surface area (Å²) in [6.45, 7) is 0. The minimum atomic E-state index is -0.363. The average Bonchev–Trinajstić information content (AvgIpc) is 2.80. The van der Waals surface area contributed by atoms with Crippen molar-refractivity contribution in [2.75, 3.05) is 7.11 Å². The van der Waals surface area contributed by atoms with Crippen LogP contribution < -0.4 is 0 Å². The number of nitrogens with zero attached hydrogens (tertiary/aromatic N) is 1. The Morgan fingerprint density at radius 3 is 2.14 bits per heavy atom. The maximum absolute atomic E-state index is 11.7. The highest BCUT2D eigenvalue weighted by molar-refractivity contribution is 6.05. The number of hydrogen-bond acceptors (Lipinski definition) is 4. The molecule has 0 spiro atoms. The third kappa shape index (κ3) is 0.726. The minimum absolute atomic E-state index is 0.235. The lowest BCUT2D eigenvalue weighted by Gasteiger charge is -2.13. The summed E-state index contributed by atoms with van der Waals surface area (Å²) in [5.74, 6) is -1.28. The summed E-state index contributed by atoms with van der Waals surface area (Å²) < 4.78 is 5.44. The van der Waals surface area contributed by atoms with Gasteiger partial charge in [-0.05, 0) is 0 Å². The van der Waals surface area contributed by atoms with Crippen LogP contribution in [0.1, 0.15) is 0 Å². The number of fused-ring (bicyclic) bond motifs is 5. The van der Waals surface area contributed by atoms with E-state index in [0.29, 0.717) is 0 Å². The summed E-state index contributed by atoms with van der Waals surface area (Å²) in [5, 5.41) is 0.852. The maximum Gasteiger partial charge on any atom is 0.260 e. The molecule has 5 nitrogen and oxygen atoms in total. The minimum Gasteiger partial charge on any atom is -0.365 e. The normalized spacial score (nSPS) is 43.9. The van der Waals surface area contributed by atoms with Gasteiger partial charge >= 0.3 is 0 Å². The molecule has 0 aromatic rings. The molecule has 74 valence electrons. The molecule has 2 bridgehead atoms. The molecule has 4 atom stereocenters. The van der Waals surface area contributed by atoms with Gasteiger partial charge in [-0.15, -0.1) is 0 Å². The van der Waals surface area contributed by atoms with Gasteiger partial charge < -0.3 is 4.74 Å². The molecular weight excluding hydrogens is 186 g/mol. The van der Waals surface area contributed by atoms with Gasteiger partial charge in [-0.3, -0.25) is 14.4 Å². The molecule has 2 fully saturated rings. The summed E-state index contributed by atoms with van der Waals surface area (Å²) in [5.41, 5.74) is 0. The molecule has 0 saturated carbocycles. The van der Waals surface area contributed by atoms with Gasteiger partial charge in [0.1, 0.15) is 0 Å². The van der Waals surface area contributed by atoms with Crippen LogP contribution in [-0.4, -0.2) is 36.2 Å². The fourth-order valence-corrected chi connectivity index (χ4v) is 2.46. The Morgan fingerprint density at radius 1 is 1.21 bits per heavy atom. The van der Waals surface area contributed by atoms with Crippen molar-refractivity contribution in [3.8, 4) is 0 Å². The van der Waals surface area contributed by atoms with Gasteiger partial charge in [0.05, 0.1) is 31.2 Å². The van der Waals surface area contributed by atoms with Crippen molar-refractivity contribution in [2.24, 2.45) is 11.8 Å². The lowest BCUT2D eigenvalue weighted by molar-refractivity contribution is -0.183. The fraction of sp³-hybridized carbons (Fsp3) is 0.556. The van der Waals surface area contributed by atoms with E-state index >= 15 is 0 Å². The molecule has 0 unspecified atom stereocenters. The first-order chi connectivity index (χ1) is 6.74. The number of ether oxygens (including phenoxy) is 1. The molecule has 0 radical (unpaired) electrons. The smallest absolute Gasteiger partial charge is 0.260 e. The van der Waals surface area contributed by atoms with Gasteiger partial charge in [-0.1, -0.05) is 12.2 Å². The van der Waals surface area contributed by atoms with Crippen LogP contribution in [0.25, 0.3) is 0 Å². The molecule has 2 saturated heterocycles. The van der Waals surface area contributed by atoms with E-state index < -0.39 is 0 Å². The van der Waals surface area contributed by atoms with E-state index in [-0.39, 0.29) is 35.9 Å². The third-order valence-electron chi connectivity index (χ3n) is 3.05. The van der Waals surface area contributed by atoms with Crippen LogP contribution in [0.3, 0.4) is 0 Å². The van der Waals surface area contributed by atoms with E-state index in [1.54, 1.807) is 0 Å². The second-order valence-electron chi connectivity index (χ2n) is 3.66. The average molecular weight is 195 g/mol. The summed E-state index contributed by atoms with van der Waals surface area (Å²) in [6.07, 6.45) is 3.22. The molecule has 5 heteroatoms. The summed E-state index contributed by atoms with van der Waals surface area (Å²) in [7, 11) is 1.33. The Kier molecular flexibility index (Phi) is 1.41. The van der Waals surface area contributed by atoms with Gasteiger partial charge in [-0.2, -0.15) is 5.06 Å². The van der Waals surface area contributed by atoms with Gasteiger partial charge in [0.15, 0.2) is 0 Å². The van der Waals surface area contributed by atoms with Crippen LogP contribution in [-0.2, 0) is 19.2 Å². The maximum atomic E-state index is 11.7. The van der Waals surface area contributed by atoms with Crippen molar-refractivity contribution >= 4 is 11.8 Å². The predicted octanol–water partition coefficient (Wildman–Crippen LogP) is -0.514. The second kappa shape index (κ2) is 2.43. The Bertz CT molecular complexity index is 321. The molecule has 0 aliphatic carbocycles. The molecule has 3 aliphatic rings. The molecule has 14 heavy (non-hydrogen) atoms. The van der Waals surface area contributed by atoms with Crippen molar-refractivity contribution in [1.82, 2.24) is 5.06 Å². The van der Waals surface area contributed by atoms with Gasteiger partial charge in [-0.25, -0.2) is 0 Å². The molecule has 3 aliphatic heterocycles. The predicted molar refractivity (Wildman–Crippen MR) is 43.6 cm³/mol. The number of carbonyl (C=O) groups excluding carboxylic acids is 2. The largest absolute Gasteiger partial charge is 0.365 e. The van der Waals surface area contributed by atoms with E-state index in [1.807, 2.05) is 12.2 Å². The highest BCUT2D eigenvalue weighted by Gasteiger charge is 2.61. The Balaban J connectivity index is 2.02. The first-order valence-electron chi connectivity index (χ1n) is 4.50. The van der Waals surface area contributed by atoms with Gasteiger partial charge in [0, 0.05) is 0 Å². The summed E-state index contributed by atoms with van der Waals surface area (Å²) in [4.78, 5) is 28.1. The van der Waals surface area contributed by atoms with Crippen LogP contribution in [0, 0.1) is 11.8 Å². The van der Waals surface area contributed by atoms with Crippen LogP contribution in [0.4, 0.5) is 0 Å². The number of amides is 2. The lowest BCUT2D eigenvalue weighted by Crippen LogP contribution is -2.33. The van der Waals surface area contributed by atoms with Crippen LogP contribution in [0.5, 0.6) is 0 Å². The van der Waals surface area contributed by atoms with Crippen molar-refractivity contribution in [2.45, 2.75) is 12.2 Å². The first-order valence-corrected chi connectivity index (χ1v) is 4.50. The van der Waals surface area contributed by atoms with E-state index in [9.17, 15) is 9.59 Å². The first kappa shape index (κ1) is 8.14. The monoisotopic (exact) mass is 195 g/mol. The fourth-order valence-electron chi connectivity index (χ4n) is 2.46. The quantitative estimate of drug-likeness (QED) is 0.417. The molecule has 2 amide bonds. The topological polar surface area (TPSA) is 55.8 Å². The molecule has 0 N–H and O–H groups in total. The van der Waals surface area contributed by atoms with Crippen molar-refractivity contribution in [3.63, 3.8) is 0 Å². The molecule has 3 heterocycles. The van der Waals surface area contributed by atoms with Crippen molar-refractivity contribution in [1.29, 1.82) is 0 Å². The third-order valence-corrected chi connectivity index (χ3v) is 3.05. The van der Waals surface area contributed by atoms with E-state index in [2.05, 4.69) is 0 Å². The van der Waals surface area contributed by atoms with E-state index in [1.165, 1.54) is 7.11 Å². The highest BCUT2D eigenvalue weighted by Crippen LogP contribution is 2.44. The zero-order chi connectivity index (χ0) is 9.87. The van der Waals surface area contributed by atoms with Crippen molar-refractivity contribution < 1.29 is 19.2 Å². The van der Waals surface area contributed by atoms with Crippen LogP contribution >= 0.6 is 0 Å². The lowest BCUT2D eigenvalue weighted by atomic mass is 9.85. The number of imide groups is 1. The SMILES string of the molecule is CON1C(=O)[C@@H]2[C@@H](C1=O)[C@@H]1C=C[C@@H]2O1. The number of rotatable bonds is 1. The summed E-state index contributed by atoms with van der Waals surface area (Å²) >= 11 is 0. The van der Waals surface area contributed by atoms with E-state index in [4.69, 9.17) is 9.57 Å². The number of carbonyl (C=O) groups is 2.